The molecule has 2 aromatic carbocycles. The van der Waals surface area contributed by atoms with E-state index in [1.807, 2.05) is 56.3 Å². The molecule has 1 heterocycles. The van der Waals surface area contributed by atoms with Crippen LogP contribution in [0.3, 0.4) is 0 Å². The van der Waals surface area contributed by atoms with Crippen molar-refractivity contribution in [3.8, 4) is 11.5 Å². The zero-order chi connectivity index (χ0) is 19.6. The van der Waals surface area contributed by atoms with E-state index in [1.54, 1.807) is 6.92 Å². The fourth-order valence-electron chi connectivity index (χ4n) is 3.00. The van der Waals surface area contributed by atoms with Crippen LogP contribution in [0.2, 0.25) is 0 Å². The van der Waals surface area contributed by atoms with Crippen LogP contribution in [-0.2, 0) is 9.53 Å². The summed E-state index contributed by atoms with van der Waals surface area (Å²) in [5, 5.41) is 5.37. The van der Waals surface area contributed by atoms with Gasteiger partial charge in [-0.2, -0.15) is 0 Å². The molecule has 1 aliphatic heterocycles. The summed E-state index contributed by atoms with van der Waals surface area (Å²) in [5.74, 6) is 0.984. The molecule has 3 rings (SSSR count). The van der Waals surface area contributed by atoms with E-state index in [1.165, 1.54) is 7.11 Å². The Kier molecular flexibility index (Phi) is 5.16. The third kappa shape index (κ3) is 3.95. The molecule has 0 aliphatic carbocycles. The number of methoxy groups -OCH3 is 1. The fourth-order valence-corrected chi connectivity index (χ4v) is 3.00. The molecule has 6 nitrogen and oxygen atoms in total. The number of amides is 2. The average Bonchev–Trinajstić information content (AvgIpc) is 2.64. The lowest BCUT2D eigenvalue weighted by atomic mass is 9.95. The van der Waals surface area contributed by atoms with Crippen molar-refractivity contribution in [1.29, 1.82) is 0 Å². The van der Waals surface area contributed by atoms with Crippen LogP contribution in [0.4, 0.5) is 4.79 Å². The number of esters is 1. The van der Waals surface area contributed by atoms with E-state index < -0.39 is 12.0 Å². The lowest BCUT2D eigenvalue weighted by Gasteiger charge is -2.27. The maximum absolute atomic E-state index is 12.1. The molecule has 0 saturated heterocycles. The van der Waals surface area contributed by atoms with Gasteiger partial charge < -0.3 is 20.1 Å². The number of aryl methyl sites for hydroxylation is 2. The summed E-state index contributed by atoms with van der Waals surface area (Å²) in [7, 11) is 1.32. The van der Waals surface area contributed by atoms with E-state index in [2.05, 4.69) is 10.6 Å². The number of rotatable bonds is 4. The van der Waals surface area contributed by atoms with Gasteiger partial charge in [0.15, 0.2) is 0 Å². The van der Waals surface area contributed by atoms with Crippen LogP contribution in [-0.4, -0.2) is 19.1 Å². The number of hydrogen-bond acceptors (Lipinski definition) is 4. The molecule has 1 unspecified atom stereocenters. The minimum absolute atomic E-state index is 0.360. The van der Waals surface area contributed by atoms with Gasteiger partial charge in [-0.1, -0.05) is 24.3 Å². The molecule has 2 N–H and O–H groups in total. The molecular formula is C21H22N2O4. The molecule has 1 aliphatic rings. The van der Waals surface area contributed by atoms with Gasteiger partial charge >= 0.3 is 12.0 Å². The van der Waals surface area contributed by atoms with Crippen LogP contribution >= 0.6 is 0 Å². The van der Waals surface area contributed by atoms with Crippen molar-refractivity contribution in [2.75, 3.05) is 7.11 Å². The van der Waals surface area contributed by atoms with E-state index in [-0.39, 0.29) is 6.03 Å². The Morgan fingerprint density at radius 2 is 1.74 bits per heavy atom. The molecular weight excluding hydrogens is 344 g/mol. The van der Waals surface area contributed by atoms with Gasteiger partial charge in [-0.25, -0.2) is 9.59 Å². The van der Waals surface area contributed by atoms with E-state index >= 15 is 0 Å². The fraction of sp³-hybridized carbons (Fsp3) is 0.238. The number of benzene rings is 2. The second-order valence-electron chi connectivity index (χ2n) is 6.50. The quantitative estimate of drug-likeness (QED) is 0.805. The van der Waals surface area contributed by atoms with E-state index in [0.29, 0.717) is 17.0 Å². The maximum Gasteiger partial charge on any atom is 0.337 e. The van der Waals surface area contributed by atoms with Gasteiger partial charge in [0, 0.05) is 5.70 Å². The minimum Gasteiger partial charge on any atom is -0.466 e. The highest BCUT2D eigenvalue weighted by Crippen LogP contribution is 2.31. The summed E-state index contributed by atoms with van der Waals surface area (Å²) in [6.07, 6.45) is 0. The first-order valence-electron chi connectivity index (χ1n) is 8.60. The van der Waals surface area contributed by atoms with Crippen LogP contribution < -0.4 is 15.4 Å². The Hall–Kier alpha value is -3.28. The van der Waals surface area contributed by atoms with Crippen LogP contribution in [0, 0.1) is 13.8 Å². The first-order chi connectivity index (χ1) is 12.9. The molecule has 0 saturated carbocycles. The van der Waals surface area contributed by atoms with Gasteiger partial charge in [-0.15, -0.1) is 0 Å². The molecule has 2 amide bonds. The second kappa shape index (κ2) is 7.53. The molecule has 6 heteroatoms. The Bertz CT molecular complexity index is 916. The Labute approximate surface area is 158 Å². The number of allylic oxidation sites excluding steroid dienone is 1. The van der Waals surface area contributed by atoms with Gasteiger partial charge in [-0.3, -0.25) is 0 Å². The third-order valence-electron chi connectivity index (χ3n) is 4.46. The van der Waals surface area contributed by atoms with Gasteiger partial charge in [0.05, 0.1) is 18.7 Å². The molecule has 2 aromatic rings. The van der Waals surface area contributed by atoms with Crippen LogP contribution in [0.25, 0.3) is 0 Å². The predicted molar refractivity (Wildman–Crippen MR) is 102 cm³/mol. The standard InChI is InChI=1S/C21H22N2O4/c1-12-5-6-13(2)17(11-12)27-16-9-7-15(8-10-16)19-18(20(24)26-4)14(3)22-21(25)23-19/h5-11,19H,1-4H3,(H2,22,23,25). The third-order valence-corrected chi connectivity index (χ3v) is 4.46. The number of hydrogen-bond donors (Lipinski definition) is 2. The predicted octanol–water partition coefficient (Wildman–Crippen LogP) is 3.90. The van der Waals surface area contributed by atoms with Crippen molar-refractivity contribution in [3.63, 3.8) is 0 Å². The van der Waals surface area contributed by atoms with Crippen LogP contribution in [0.15, 0.2) is 53.7 Å². The summed E-state index contributed by atoms with van der Waals surface area (Å²) in [5.41, 5.74) is 3.78. The normalized spacial score (nSPS) is 16.4. The van der Waals surface area contributed by atoms with Gasteiger partial charge in [-0.05, 0) is 55.7 Å². The smallest absolute Gasteiger partial charge is 0.337 e. The van der Waals surface area contributed by atoms with Gasteiger partial charge in [0.25, 0.3) is 0 Å². The number of ether oxygens (including phenoxy) is 2. The van der Waals surface area contributed by atoms with Crippen molar-refractivity contribution in [2.24, 2.45) is 0 Å². The number of carbonyl (C=O) groups is 2. The van der Waals surface area contributed by atoms with Crippen molar-refractivity contribution in [2.45, 2.75) is 26.8 Å². The monoisotopic (exact) mass is 366 g/mol. The molecule has 0 spiro atoms. The van der Waals surface area contributed by atoms with E-state index in [0.717, 1.165) is 22.4 Å². The summed E-state index contributed by atoms with van der Waals surface area (Å²) < 4.78 is 10.8. The molecule has 0 bridgehead atoms. The van der Waals surface area contributed by atoms with Crippen LogP contribution in [0.5, 0.6) is 11.5 Å². The summed E-state index contributed by atoms with van der Waals surface area (Å²) in [6.45, 7) is 5.68. The lowest BCUT2D eigenvalue weighted by molar-refractivity contribution is -0.136. The highest BCUT2D eigenvalue weighted by atomic mass is 16.5. The molecule has 27 heavy (non-hydrogen) atoms. The van der Waals surface area contributed by atoms with Crippen molar-refractivity contribution in [1.82, 2.24) is 10.6 Å². The molecule has 140 valence electrons. The van der Waals surface area contributed by atoms with E-state index in [9.17, 15) is 9.59 Å². The van der Waals surface area contributed by atoms with Gasteiger partial charge in [0.2, 0.25) is 0 Å². The minimum atomic E-state index is -0.582. The number of carbonyl (C=O) groups excluding carboxylic acids is 2. The Morgan fingerprint density at radius 1 is 1.04 bits per heavy atom. The summed E-state index contributed by atoms with van der Waals surface area (Å²) >= 11 is 0. The first-order valence-corrected chi connectivity index (χ1v) is 8.60. The van der Waals surface area contributed by atoms with Crippen LogP contribution in [0.1, 0.15) is 29.7 Å². The highest BCUT2D eigenvalue weighted by Gasteiger charge is 2.31. The molecule has 0 fully saturated rings. The Morgan fingerprint density at radius 3 is 2.41 bits per heavy atom. The number of urea groups is 1. The topological polar surface area (TPSA) is 76.7 Å². The van der Waals surface area contributed by atoms with Crippen molar-refractivity contribution < 1.29 is 19.1 Å². The Balaban J connectivity index is 1.87. The summed E-state index contributed by atoms with van der Waals surface area (Å²) in [6, 6.07) is 12.4. The highest BCUT2D eigenvalue weighted by molar-refractivity contribution is 5.94. The maximum atomic E-state index is 12.1. The van der Waals surface area contributed by atoms with Crippen molar-refractivity contribution in [3.05, 3.63) is 70.4 Å². The molecule has 1 atom stereocenters. The zero-order valence-corrected chi connectivity index (χ0v) is 15.8. The second-order valence-corrected chi connectivity index (χ2v) is 6.50. The summed E-state index contributed by atoms with van der Waals surface area (Å²) in [4.78, 5) is 24.0. The lowest BCUT2D eigenvalue weighted by Crippen LogP contribution is -2.45. The van der Waals surface area contributed by atoms with Crippen molar-refractivity contribution >= 4 is 12.0 Å². The SMILES string of the molecule is COC(=O)C1=C(C)NC(=O)NC1c1ccc(Oc2cc(C)ccc2C)cc1. The average molecular weight is 366 g/mol. The van der Waals surface area contributed by atoms with Gasteiger partial charge in [0.1, 0.15) is 11.5 Å². The largest absolute Gasteiger partial charge is 0.466 e. The molecule has 0 aromatic heterocycles. The molecule has 0 radical (unpaired) electrons. The van der Waals surface area contributed by atoms with E-state index in [4.69, 9.17) is 9.47 Å². The first kappa shape index (κ1) is 18.5. The number of nitrogens with one attached hydrogen (secondary N) is 2. The zero-order valence-electron chi connectivity index (χ0n) is 15.8.